The lowest BCUT2D eigenvalue weighted by atomic mass is 10.0. The topological polar surface area (TPSA) is 123 Å². The molecule has 28 heavy (non-hydrogen) atoms. The highest BCUT2D eigenvalue weighted by Gasteiger charge is 2.20. The van der Waals surface area contributed by atoms with Crippen molar-refractivity contribution in [2.45, 2.75) is 103 Å². The Morgan fingerprint density at radius 3 is 1.71 bits per heavy atom. The molecule has 0 fully saturated rings. The molecule has 1 unspecified atom stereocenters. The first-order chi connectivity index (χ1) is 13.4. The number of carbonyl (C=O) groups is 1. The molecule has 0 aromatic rings. The number of esters is 1. The van der Waals surface area contributed by atoms with E-state index in [1.807, 2.05) is 0 Å². The second-order valence-corrected chi connectivity index (χ2v) is 8.43. The summed E-state index contributed by atoms with van der Waals surface area (Å²) in [5.74, 6) is -0.429. The van der Waals surface area contributed by atoms with Crippen molar-refractivity contribution >= 4 is 13.8 Å². The van der Waals surface area contributed by atoms with E-state index in [9.17, 15) is 9.36 Å². The maximum atomic E-state index is 11.6. The molecule has 1 atom stereocenters. The van der Waals surface area contributed by atoms with Crippen LogP contribution in [-0.2, 0) is 23.5 Å². The second-order valence-electron chi connectivity index (χ2n) is 7.19. The minimum atomic E-state index is -4.66. The van der Waals surface area contributed by atoms with E-state index in [-0.39, 0.29) is 13.0 Å². The predicted octanol–water partition coefficient (Wildman–Crippen LogP) is 4.98. The fourth-order valence-electron chi connectivity index (χ4n) is 2.83. The molecule has 9 heteroatoms. The molecule has 0 radical (unpaired) electrons. The maximum Gasteiger partial charge on any atom is 0.469 e. The van der Waals surface area contributed by atoms with Gasteiger partial charge in [-0.05, 0) is 6.42 Å². The first-order valence-corrected chi connectivity index (χ1v) is 12.1. The molecule has 0 aromatic carbocycles. The Morgan fingerprint density at radius 2 is 1.29 bits per heavy atom. The Kier molecular flexibility index (Phi) is 18.2. The highest BCUT2D eigenvalue weighted by Crippen LogP contribution is 2.35. The average Bonchev–Trinajstić information content (AvgIpc) is 2.64. The number of carbonyl (C=O) groups excluding carboxylic acids is 1. The van der Waals surface area contributed by atoms with Gasteiger partial charge in [0.05, 0.1) is 6.61 Å². The van der Waals surface area contributed by atoms with E-state index in [0.717, 1.165) is 19.3 Å². The van der Waals surface area contributed by atoms with Crippen LogP contribution in [0.1, 0.15) is 96.8 Å². The minimum Gasteiger partial charge on any atom is -0.463 e. The number of phosphoric ester groups is 1. The van der Waals surface area contributed by atoms with Gasteiger partial charge in [0.15, 0.2) is 6.10 Å². The van der Waals surface area contributed by atoms with Crippen molar-refractivity contribution in [3.63, 3.8) is 0 Å². The summed E-state index contributed by atoms with van der Waals surface area (Å²) in [6, 6.07) is 0. The monoisotopic (exact) mass is 426 g/mol. The fourth-order valence-corrected chi connectivity index (χ4v) is 3.19. The van der Waals surface area contributed by atoms with Gasteiger partial charge in [-0.25, -0.2) is 9.45 Å². The second kappa shape index (κ2) is 18.5. The minimum absolute atomic E-state index is 0.273. The lowest BCUT2D eigenvalue weighted by molar-refractivity contribution is -0.290. The van der Waals surface area contributed by atoms with Gasteiger partial charge in [-0.3, -0.25) is 14.6 Å². The molecule has 0 aliphatic heterocycles. The summed E-state index contributed by atoms with van der Waals surface area (Å²) in [5, 5.41) is 8.61. The molecule has 0 heterocycles. The molecule has 0 rings (SSSR count). The van der Waals surface area contributed by atoms with E-state index in [1.165, 1.54) is 64.2 Å². The van der Waals surface area contributed by atoms with E-state index in [4.69, 9.17) is 19.8 Å². The number of unbranched alkanes of at least 4 members (excludes halogenated alkanes) is 12. The van der Waals surface area contributed by atoms with Crippen molar-refractivity contribution in [3.8, 4) is 0 Å². The lowest BCUT2D eigenvalue weighted by Gasteiger charge is -2.14. The zero-order valence-corrected chi connectivity index (χ0v) is 18.1. The van der Waals surface area contributed by atoms with Crippen molar-refractivity contribution in [2.24, 2.45) is 0 Å². The summed E-state index contributed by atoms with van der Waals surface area (Å²) in [4.78, 5) is 32.7. The van der Waals surface area contributed by atoms with Gasteiger partial charge >= 0.3 is 13.8 Å². The zero-order chi connectivity index (χ0) is 21.1. The van der Waals surface area contributed by atoms with Crippen LogP contribution in [-0.4, -0.2) is 40.3 Å². The van der Waals surface area contributed by atoms with E-state index in [2.05, 4.69) is 16.3 Å². The SMILES string of the molecule is CCCCCCCCCCCCCCCC(=O)OCC(COP(=O)(O)O)OO. The molecular weight excluding hydrogens is 387 g/mol. The van der Waals surface area contributed by atoms with Crippen LogP contribution in [0.3, 0.4) is 0 Å². The lowest BCUT2D eigenvalue weighted by Crippen LogP contribution is -2.25. The van der Waals surface area contributed by atoms with Crippen LogP contribution in [0.25, 0.3) is 0 Å². The van der Waals surface area contributed by atoms with Crippen molar-refractivity contribution in [2.75, 3.05) is 13.2 Å². The molecular formula is C19H39O8P. The van der Waals surface area contributed by atoms with E-state index >= 15 is 0 Å². The summed E-state index contributed by atoms with van der Waals surface area (Å²) >= 11 is 0. The van der Waals surface area contributed by atoms with Crippen LogP contribution in [0.15, 0.2) is 0 Å². The third-order valence-corrected chi connectivity index (χ3v) is 4.98. The van der Waals surface area contributed by atoms with Crippen molar-refractivity contribution in [3.05, 3.63) is 0 Å². The Balaban J connectivity index is 3.44. The average molecular weight is 426 g/mol. The number of phosphoric acid groups is 1. The van der Waals surface area contributed by atoms with E-state index < -0.39 is 26.5 Å². The predicted molar refractivity (Wildman–Crippen MR) is 107 cm³/mol. The quantitative estimate of drug-likeness (QED) is 0.0819. The Bertz CT molecular complexity index is 413. The number of hydrogen-bond donors (Lipinski definition) is 3. The number of ether oxygens (including phenoxy) is 1. The molecule has 0 bridgehead atoms. The molecule has 0 saturated carbocycles. The molecule has 0 saturated heterocycles. The zero-order valence-electron chi connectivity index (χ0n) is 17.2. The highest BCUT2D eigenvalue weighted by atomic mass is 31.2. The van der Waals surface area contributed by atoms with E-state index in [1.54, 1.807) is 0 Å². The third-order valence-electron chi connectivity index (χ3n) is 4.49. The van der Waals surface area contributed by atoms with Crippen molar-refractivity contribution in [1.29, 1.82) is 0 Å². The van der Waals surface area contributed by atoms with Gasteiger partial charge < -0.3 is 14.5 Å². The highest BCUT2D eigenvalue weighted by molar-refractivity contribution is 7.46. The van der Waals surface area contributed by atoms with Crippen LogP contribution in [0.5, 0.6) is 0 Å². The van der Waals surface area contributed by atoms with Gasteiger partial charge in [-0.1, -0.05) is 84.0 Å². The Labute approximate surface area is 169 Å². The van der Waals surface area contributed by atoms with Crippen LogP contribution in [0.4, 0.5) is 0 Å². The van der Waals surface area contributed by atoms with Crippen LogP contribution >= 0.6 is 7.82 Å². The third kappa shape index (κ3) is 20.2. The summed E-state index contributed by atoms with van der Waals surface area (Å²) in [6.07, 6.45) is 15.1. The van der Waals surface area contributed by atoms with Gasteiger partial charge in [-0.15, -0.1) is 0 Å². The largest absolute Gasteiger partial charge is 0.469 e. The van der Waals surface area contributed by atoms with Crippen LogP contribution in [0, 0.1) is 0 Å². The van der Waals surface area contributed by atoms with Gasteiger partial charge in [0.1, 0.15) is 6.61 Å². The normalized spacial score (nSPS) is 12.9. The van der Waals surface area contributed by atoms with Gasteiger partial charge in [0.2, 0.25) is 0 Å². The number of rotatable bonds is 20. The number of hydrogen-bond acceptors (Lipinski definition) is 6. The molecule has 0 aliphatic carbocycles. The first-order valence-electron chi connectivity index (χ1n) is 10.5. The van der Waals surface area contributed by atoms with Gasteiger partial charge in [-0.2, -0.15) is 0 Å². The van der Waals surface area contributed by atoms with Crippen LogP contribution in [0.2, 0.25) is 0 Å². The Morgan fingerprint density at radius 1 is 0.821 bits per heavy atom. The molecule has 8 nitrogen and oxygen atoms in total. The Hall–Kier alpha value is -0.500. The standard InChI is InChI=1S/C19H39O8P/c1-2-3-4-5-6-7-8-9-10-11-12-13-14-15-19(20)25-16-18(27-21)17-26-28(22,23)24/h18,21H,2-17H2,1H3,(H2,22,23,24). The molecule has 3 N–H and O–H groups in total. The fraction of sp³-hybridized carbons (Fsp3) is 0.947. The molecule has 0 aromatic heterocycles. The summed E-state index contributed by atoms with van der Waals surface area (Å²) in [6.45, 7) is 1.33. The smallest absolute Gasteiger partial charge is 0.463 e. The van der Waals surface area contributed by atoms with Crippen LogP contribution < -0.4 is 0 Å². The first kappa shape index (κ1) is 27.5. The summed E-state index contributed by atoms with van der Waals surface area (Å²) in [5.41, 5.74) is 0. The summed E-state index contributed by atoms with van der Waals surface area (Å²) < 4.78 is 19.7. The molecule has 0 aliphatic rings. The molecule has 0 amide bonds. The molecule has 168 valence electrons. The summed E-state index contributed by atoms with van der Waals surface area (Å²) in [7, 11) is -4.66. The molecule has 0 spiro atoms. The van der Waals surface area contributed by atoms with Gasteiger partial charge in [0.25, 0.3) is 0 Å². The maximum absolute atomic E-state index is 11.6. The van der Waals surface area contributed by atoms with E-state index in [0.29, 0.717) is 0 Å². The van der Waals surface area contributed by atoms with Crippen molar-refractivity contribution in [1.82, 2.24) is 0 Å². The van der Waals surface area contributed by atoms with Crippen molar-refractivity contribution < 1.29 is 38.6 Å². The van der Waals surface area contributed by atoms with Gasteiger partial charge in [0, 0.05) is 6.42 Å².